The molecule has 0 saturated heterocycles. The number of benzene rings is 3. The average Bonchev–Trinajstić information content (AvgIpc) is 2.70. The predicted octanol–water partition coefficient (Wildman–Crippen LogP) is 4.58. The van der Waals surface area contributed by atoms with E-state index in [9.17, 15) is 27.7 Å². The lowest BCUT2D eigenvalue weighted by Gasteiger charge is -2.08. The average molecular weight is 479 g/mol. The van der Waals surface area contributed by atoms with Crippen LogP contribution in [0.15, 0.2) is 81.0 Å². The summed E-state index contributed by atoms with van der Waals surface area (Å²) >= 11 is 3.17. The van der Waals surface area contributed by atoms with Crippen LogP contribution in [0.2, 0.25) is 0 Å². The Balaban J connectivity index is 1.81. The molecule has 0 radical (unpaired) electrons. The summed E-state index contributed by atoms with van der Waals surface area (Å²) in [4.78, 5) is 22.1. The van der Waals surface area contributed by atoms with Crippen molar-refractivity contribution in [1.82, 2.24) is 0 Å². The third-order valence-electron chi connectivity index (χ3n) is 3.95. The third kappa shape index (κ3) is 4.49. The standard InChI is InChI=1S/C19H12BrFN2O5S/c20-12-1-10-18(21)17(11-12)19(24)22-13-2-6-15(7-3-13)29(27,28)16-8-4-14(5-9-16)23(25)26/h1-11H,(H,22,24). The first-order valence-corrected chi connectivity index (χ1v) is 10.3. The summed E-state index contributed by atoms with van der Waals surface area (Å²) in [6.45, 7) is 0. The number of nitrogens with one attached hydrogen (secondary N) is 1. The number of non-ortho nitro benzene ring substituents is 1. The SMILES string of the molecule is O=C(Nc1ccc(S(=O)(=O)c2ccc([N+](=O)[O-])cc2)cc1)c1cc(Br)ccc1F. The van der Waals surface area contributed by atoms with Crippen LogP contribution in [0.5, 0.6) is 0 Å². The van der Waals surface area contributed by atoms with Crippen molar-refractivity contribution in [2.45, 2.75) is 9.79 Å². The first kappa shape index (κ1) is 20.6. The maximum absolute atomic E-state index is 13.8. The summed E-state index contributed by atoms with van der Waals surface area (Å²) in [5.74, 6) is -1.38. The molecule has 0 atom stereocenters. The van der Waals surface area contributed by atoms with Crippen LogP contribution < -0.4 is 5.32 Å². The van der Waals surface area contributed by atoms with Gasteiger partial charge in [0.1, 0.15) is 5.82 Å². The van der Waals surface area contributed by atoms with Crippen molar-refractivity contribution in [3.8, 4) is 0 Å². The second-order valence-electron chi connectivity index (χ2n) is 5.86. The van der Waals surface area contributed by atoms with Gasteiger partial charge in [0.2, 0.25) is 9.84 Å². The molecule has 148 valence electrons. The fourth-order valence-corrected chi connectivity index (χ4v) is 4.09. The lowest BCUT2D eigenvalue weighted by Crippen LogP contribution is -2.14. The van der Waals surface area contributed by atoms with Crippen molar-refractivity contribution in [3.63, 3.8) is 0 Å². The van der Waals surface area contributed by atoms with Gasteiger partial charge in [0.15, 0.2) is 0 Å². The number of carbonyl (C=O) groups is 1. The quantitative estimate of drug-likeness (QED) is 0.426. The second-order valence-corrected chi connectivity index (χ2v) is 8.72. The molecule has 0 aliphatic carbocycles. The van der Waals surface area contributed by atoms with Gasteiger partial charge in [0.05, 0.1) is 20.3 Å². The fourth-order valence-electron chi connectivity index (χ4n) is 2.47. The maximum Gasteiger partial charge on any atom is 0.269 e. The molecule has 29 heavy (non-hydrogen) atoms. The van der Waals surface area contributed by atoms with Crippen LogP contribution in [0.3, 0.4) is 0 Å². The van der Waals surface area contributed by atoms with Gasteiger partial charge in [-0.25, -0.2) is 12.8 Å². The molecule has 10 heteroatoms. The summed E-state index contributed by atoms with van der Waals surface area (Å²) in [6.07, 6.45) is 0. The van der Waals surface area contributed by atoms with E-state index in [-0.39, 0.29) is 26.7 Å². The van der Waals surface area contributed by atoms with E-state index in [2.05, 4.69) is 21.2 Å². The number of rotatable bonds is 5. The van der Waals surface area contributed by atoms with Crippen LogP contribution in [0, 0.1) is 15.9 Å². The van der Waals surface area contributed by atoms with Gasteiger partial charge in [0.25, 0.3) is 11.6 Å². The number of carbonyl (C=O) groups excluding carboxylic acids is 1. The highest BCUT2D eigenvalue weighted by Crippen LogP contribution is 2.25. The highest BCUT2D eigenvalue weighted by atomic mass is 79.9. The van der Waals surface area contributed by atoms with Crippen LogP contribution in [-0.2, 0) is 9.84 Å². The van der Waals surface area contributed by atoms with Crippen molar-refractivity contribution in [3.05, 3.63) is 92.7 Å². The van der Waals surface area contributed by atoms with Crippen molar-refractivity contribution in [2.75, 3.05) is 5.32 Å². The zero-order valence-corrected chi connectivity index (χ0v) is 16.9. The number of nitro benzene ring substituents is 1. The maximum atomic E-state index is 13.8. The van der Waals surface area contributed by atoms with E-state index in [1.807, 2.05) is 0 Å². The summed E-state index contributed by atoms with van der Waals surface area (Å²) < 4.78 is 39.6. The Morgan fingerprint density at radius 2 is 1.52 bits per heavy atom. The molecular weight excluding hydrogens is 467 g/mol. The normalized spacial score (nSPS) is 11.1. The molecule has 0 bridgehead atoms. The van der Waals surface area contributed by atoms with E-state index in [4.69, 9.17) is 0 Å². The Morgan fingerprint density at radius 3 is 2.07 bits per heavy atom. The smallest absolute Gasteiger partial charge is 0.269 e. The molecule has 0 aliphatic rings. The second kappa shape index (κ2) is 8.10. The fraction of sp³-hybridized carbons (Fsp3) is 0. The molecule has 3 rings (SSSR count). The van der Waals surface area contributed by atoms with Gasteiger partial charge in [-0.15, -0.1) is 0 Å². The lowest BCUT2D eigenvalue weighted by molar-refractivity contribution is -0.384. The number of nitrogens with zero attached hydrogens (tertiary/aromatic N) is 1. The van der Waals surface area contributed by atoms with Gasteiger partial charge in [-0.3, -0.25) is 14.9 Å². The van der Waals surface area contributed by atoms with Crippen LogP contribution >= 0.6 is 15.9 Å². The zero-order valence-electron chi connectivity index (χ0n) is 14.5. The number of amides is 1. The molecule has 0 fully saturated rings. The highest BCUT2D eigenvalue weighted by molar-refractivity contribution is 9.10. The summed E-state index contributed by atoms with van der Waals surface area (Å²) in [6, 6.07) is 13.8. The Hall–Kier alpha value is -3.11. The summed E-state index contributed by atoms with van der Waals surface area (Å²) in [5.41, 5.74) is -0.110. The number of halogens is 2. The van der Waals surface area contributed by atoms with Gasteiger partial charge in [-0.05, 0) is 54.6 Å². The van der Waals surface area contributed by atoms with E-state index in [0.717, 1.165) is 30.3 Å². The first-order chi connectivity index (χ1) is 13.7. The summed E-state index contributed by atoms with van der Waals surface area (Å²) in [7, 11) is -3.89. The molecule has 7 nitrogen and oxygen atoms in total. The Kier molecular flexibility index (Phi) is 5.76. The van der Waals surface area contributed by atoms with Crippen LogP contribution in [0.1, 0.15) is 10.4 Å². The molecule has 0 aromatic heterocycles. The Labute approximate surface area is 173 Å². The number of anilines is 1. The minimum atomic E-state index is -3.89. The molecule has 0 unspecified atom stereocenters. The first-order valence-electron chi connectivity index (χ1n) is 8.04. The van der Waals surface area contributed by atoms with Gasteiger partial charge < -0.3 is 5.32 Å². The molecule has 0 heterocycles. The van der Waals surface area contributed by atoms with Gasteiger partial charge in [-0.2, -0.15) is 0 Å². The Bertz CT molecular complexity index is 1200. The molecule has 0 aliphatic heterocycles. The van der Waals surface area contributed by atoms with E-state index in [1.54, 1.807) is 0 Å². The largest absolute Gasteiger partial charge is 0.322 e. The van der Waals surface area contributed by atoms with E-state index < -0.39 is 26.5 Å². The minimum absolute atomic E-state index is 0.0574. The van der Waals surface area contributed by atoms with Crippen molar-refractivity contribution < 1.29 is 22.5 Å². The summed E-state index contributed by atoms with van der Waals surface area (Å²) in [5, 5.41) is 13.2. The van der Waals surface area contributed by atoms with Gasteiger partial charge in [0, 0.05) is 22.3 Å². The lowest BCUT2D eigenvalue weighted by atomic mass is 10.2. The van der Waals surface area contributed by atoms with Crippen molar-refractivity contribution >= 4 is 43.0 Å². The minimum Gasteiger partial charge on any atom is -0.322 e. The van der Waals surface area contributed by atoms with Crippen molar-refractivity contribution in [1.29, 1.82) is 0 Å². The van der Waals surface area contributed by atoms with Crippen LogP contribution in [0.4, 0.5) is 15.8 Å². The zero-order chi connectivity index (χ0) is 21.2. The number of hydrogen-bond acceptors (Lipinski definition) is 5. The van der Waals surface area contributed by atoms with E-state index in [1.165, 1.54) is 36.4 Å². The van der Waals surface area contributed by atoms with E-state index >= 15 is 0 Å². The predicted molar refractivity (Wildman–Crippen MR) is 107 cm³/mol. The number of sulfone groups is 1. The number of hydrogen-bond donors (Lipinski definition) is 1. The molecular formula is C19H12BrFN2O5S. The van der Waals surface area contributed by atoms with E-state index in [0.29, 0.717) is 4.47 Å². The van der Waals surface area contributed by atoms with Gasteiger partial charge in [-0.1, -0.05) is 15.9 Å². The number of nitro groups is 1. The molecule has 1 amide bonds. The molecule has 3 aromatic carbocycles. The molecule has 1 N–H and O–H groups in total. The van der Waals surface area contributed by atoms with Crippen LogP contribution in [0.25, 0.3) is 0 Å². The van der Waals surface area contributed by atoms with Crippen molar-refractivity contribution in [2.24, 2.45) is 0 Å². The van der Waals surface area contributed by atoms with Crippen LogP contribution in [-0.4, -0.2) is 19.2 Å². The molecule has 3 aromatic rings. The topological polar surface area (TPSA) is 106 Å². The Morgan fingerprint density at radius 1 is 0.966 bits per heavy atom. The third-order valence-corrected chi connectivity index (χ3v) is 6.23. The molecule has 0 saturated carbocycles. The monoisotopic (exact) mass is 478 g/mol. The van der Waals surface area contributed by atoms with Gasteiger partial charge >= 0.3 is 0 Å². The highest BCUT2D eigenvalue weighted by Gasteiger charge is 2.19. The molecule has 0 spiro atoms.